The number of hydrogen-bond donors (Lipinski definition) is 3. The first-order valence-electron chi connectivity index (χ1n) is 7.96. The van der Waals surface area contributed by atoms with E-state index in [1.165, 1.54) is 0 Å². The Morgan fingerprint density at radius 3 is 2.57 bits per heavy atom. The summed E-state index contributed by atoms with van der Waals surface area (Å²) in [5, 5.41) is 12.1. The van der Waals surface area contributed by atoms with Crippen molar-refractivity contribution in [3.05, 3.63) is 23.8 Å². The average Bonchev–Trinajstić information content (AvgIpc) is 2.52. The molecule has 0 spiro atoms. The van der Waals surface area contributed by atoms with Gasteiger partial charge in [0.2, 0.25) is 0 Å². The minimum absolute atomic E-state index is 0.192. The molecule has 1 aromatic carbocycles. The minimum Gasteiger partial charge on any atom is -0.492 e. The molecule has 0 heterocycles. The van der Waals surface area contributed by atoms with Crippen LogP contribution in [-0.2, 0) is 4.79 Å². The van der Waals surface area contributed by atoms with Crippen LogP contribution in [0.25, 0.3) is 0 Å². The van der Waals surface area contributed by atoms with Gasteiger partial charge in [-0.05, 0) is 38.5 Å². The lowest BCUT2D eigenvalue weighted by Crippen LogP contribution is -2.45. The van der Waals surface area contributed by atoms with Gasteiger partial charge in [0.25, 0.3) is 0 Å². The first-order chi connectivity index (χ1) is 10.9. The van der Waals surface area contributed by atoms with Gasteiger partial charge in [-0.15, -0.1) is 0 Å². The Hall–Kier alpha value is -2.08. The number of hydrogen-bond acceptors (Lipinski definition) is 5. The second-order valence-electron chi connectivity index (χ2n) is 5.47. The Morgan fingerprint density at radius 2 is 2.04 bits per heavy atom. The number of carboxylic acids is 1. The summed E-state index contributed by atoms with van der Waals surface area (Å²) in [4.78, 5) is 23.7. The highest BCUT2D eigenvalue weighted by atomic mass is 16.5. The summed E-state index contributed by atoms with van der Waals surface area (Å²) in [5.41, 5.74) is 6.70. The van der Waals surface area contributed by atoms with E-state index in [1.807, 2.05) is 13.8 Å². The van der Waals surface area contributed by atoms with E-state index in [1.54, 1.807) is 25.1 Å². The predicted molar refractivity (Wildman–Crippen MR) is 89.9 cm³/mol. The molecule has 1 aromatic rings. The summed E-state index contributed by atoms with van der Waals surface area (Å²) in [5.74, 6) is -0.595. The summed E-state index contributed by atoms with van der Waals surface area (Å²) in [6.07, 6.45) is 2.19. The highest BCUT2D eigenvalue weighted by Gasteiger charge is 2.23. The molecule has 0 fully saturated rings. The zero-order valence-electron chi connectivity index (χ0n) is 14.0. The van der Waals surface area contributed by atoms with Crippen molar-refractivity contribution in [3.8, 4) is 5.75 Å². The van der Waals surface area contributed by atoms with Crippen LogP contribution in [0.3, 0.4) is 0 Å². The number of carboxylic acid groups (broad SMARTS) is 1. The molecule has 0 aliphatic heterocycles. The molecule has 0 radical (unpaired) electrons. The van der Waals surface area contributed by atoms with E-state index in [0.29, 0.717) is 30.0 Å². The van der Waals surface area contributed by atoms with Crippen LogP contribution >= 0.6 is 0 Å². The summed E-state index contributed by atoms with van der Waals surface area (Å²) < 4.78 is 5.34. The molecule has 0 aliphatic rings. The predicted octanol–water partition coefficient (Wildman–Crippen LogP) is 2.47. The van der Waals surface area contributed by atoms with Crippen molar-refractivity contribution in [2.24, 2.45) is 0 Å². The largest absolute Gasteiger partial charge is 0.492 e. The van der Waals surface area contributed by atoms with Crippen molar-refractivity contribution in [1.82, 2.24) is 5.32 Å². The maximum atomic E-state index is 12.4. The van der Waals surface area contributed by atoms with Crippen molar-refractivity contribution in [1.29, 1.82) is 0 Å². The van der Waals surface area contributed by atoms with Crippen LogP contribution in [0.5, 0.6) is 5.75 Å². The average molecular weight is 322 g/mol. The van der Waals surface area contributed by atoms with E-state index in [2.05, 4.69) is 5.32 Å². The van der Waals surface area contributed by atoms with Gasteiger partial charge < -0.3 is 15.6 Å². The third kappa shape index (κ3) is 5.56. The van der Waals surface area contributed by atoms with Gasteiger partial charge in [-0.3, -0.25) is 14.9 Å². The molecule has 0 bridgehead atoms. The summed E-state index contributed by atoms with van der Waals surface area (Å²) in [6, 6.07) is 3.53. The van der Waals surface area contributed by atoms with Gasteiger partial charge in [0.15, 0.2) is 5.78 Å². The van der Waals surface area contributed by atoms with E-state index < -0.39 is 18.1 Å². The fourth-order valence-electron chi connectivity index (χ4n) is 2.30. The van der Waals surface area contributed by atoms with E-state index in [4.69, 9.17) is 10.5 Å². The maximum Gasteiger partial charge on any atom is 0.320 e. The zero-order valence-corrected chi connectivity index (χ0v) is 14.0. The van der Waals surface area contributed by atoms with Crippen molar-refractivity contribution in [2.45, 2.75) is 52.1 Å². The number of nitrogens with one attached hydrogen (secondary N) is 1. The summed E-state index contributed by atoms with van der Waals surface area (Å²) in [7, 11) is 0. The van der Waals surface area contributed by atoms with Gasteiger partial charge in [-0.1, -0.05) is 19.8 Å². The molecule has 0 aliphatic carbocycles. The SMILES string of the molecule is CCCCC(NC(C)C(=O)c1ccc(OCC)c(N)c1)C(=O)O. The monoisotopic (exact) mass is 322 g/mol. The lowest BCUT2D eigenvalue weighted by atomic mass is 10.0. The van der Waals surface area contributed by atoms with Crippen LogP contribution in [0.2, 0.25) is 0 Å². The van der Waals surface area contributed by atoms with E-state index in [-0.39, 0.29) is 5.78 Å². The van der Waals surface area contributed by atoms with Gasteiger partial charge >= 0.3 is 5.97 Å². The van der Waals surface area contributed by atoms with Gasteiger partial charge in [0.1, 0.15) is 11.8 Å². The molecule has 128 valence electrons. The zero-order chi connectivity index (χ0) is 17.4. The number of aliphatic carboxylic acids is 1. The first-order valence-corrected chi connectivity index (χ1v) is 7.96. The minimum atomic E-state index is -0.940. The van der Waals surface area contributed by atoms with Crippen LogP contribution in [-0.4, -0.2) is 35.5 Å². The molecule has 6 heteroatoms. The van der Waals surface area contributed by atoms with Crippen LogP contribution in [0.4, 0.5) is 5.69 Å². The normalized spacial score (nSPS) is 13.3. The summed E-state index contributed by atoms with van der Waals surface area (Å²) in [6.45, 7) is 6.01. The quantitative estimate of drug-likeness (QED) is 0.452. The molecular formula is C17H26N2O4. The Labute approximate surface area is 137 Å². The summed E-state index contributed by atoms with van der Waals surface area (Å²) >= 11 is 0. The molecule has 0 amide bonds. The molecule has 0 saturated carbocycles. The van der Waals surface area contributed by atoms with Gasteiger partial charge in [0.05, 0.1) is 18.3 Å². The lowest BCUT2D eigenvalue weighted by molar-refractivity contribution is -0.139. The van der Waals surface area contributed by atoms with Crippen LogP contribution < -0.4 is 15.8 Å². The van der Waals surface area contributed by atoms with Crippen LogP contribution in [0, 0.1) is 0 Å². The van der Waals surface area contributed by atoms with Gasteiger partial charge in [-0.2, -0.15) is 0 Å². The third-order valence-corrected chi connectivity index (χ3v) is 3.58. The Balaban J connectivity index is 2.79. The number of unbranched alkanes of at least 4 members (excludes halogenated alkanes) is 1. The molecule has 23 heavy (non-hydrogen) atoms. The molecular weight excluding hydrogens is 296 g/mol. The lowest BCUT2D eigenvalue weighted by Gasteiger charge is -2.19. The van der Waals surface area contributed by atoms with Crippen LogP contribution in [0.15, 0.2) is 18.2 Å². The Morgan fingerprint density at radius 1 is 1.35 bits per heavy atom. The molecule has 4 N–H and O–H groups in total. The van der Waals surface area contributed by atoms with E-state index >= 15 is 0 Å². The number of nitrogen functional groups attached to an aromatic ring is 1. The number of anilines is 1. The molecule has 2 unspecified atom stereocenters. The number of nitrogens with two attached hydrogens (primary N) is 1. The van der Waals surface area contributed by atoms with Crippen molar-refractivity contribution in [2.75, 3.05) is 12.3 Å². The highest BCUT2D eigenvalue weighted by molar-refractivity contribution is 6.01. The third-order valence-electron chi connectivity index (χ3n) is 3.58. The standard InChI is InChI=1S/C17H26N2O4/c1-4-6-7-14(17(21)22)19-11(3)16(20)12-8-9-15(23-5-2)13(18)10-12/h8-11,14,19H,4-7,18H2,1-3H3,(H,21,22). The number of ketones is 1. The topological polar surface area (TPSA) is 102 Å². The smallest absolute Gasteiger partial charge is 0.320 e. The van der Waals surface area contributed by atoms with Gasteiger partial charge in [0, 0.05) is 5.56 Å². The Kier molecular flexibility index (Phi) is 7.54. The molecule has 0 saturated heterocycles. The Bertz CT molecular complexity index is 545. The van der Waals surface area contributed by atoms with E-state index in [9.17, 15) is 14.7 Å². The maximum absolute atomic E-state index is 12.4. The van der Waals surface area contributed by atoms with Crippen molar-refractivity contribution in [3.63, 3.8) is 0 Å². The number of carbonyl (C=O) groups excluding carboxylic acids is 1. The second-order valence-corrected chi connectivity index (χ2v) is 5.47. The van der Waals surface area contributed by atoms with Crippen molar-refractivity contribution >= 4 is 17.4 Å². The van der Waals surface area contributed by atoms with Crippen LogP contribution in [0.1, 0.15) is 50.4 Å². The first kappa shape index (κ1) is 19.0. The number of rotatable bonds is 10. The van der Waals surface area contributed by atoms with Crippen molar-refractivity contribution < 1.29 is 19.4 Å². The van der Waals surface area contributed by atoms with Gasteiger partial charge in [-0.25, -0.2) is 0 Å². The molecule has 1 rings (SSSR count). The number of Topliss-reactive ketones (excluding diaryl/α,β-unsaturated/α-hetero) is 1. The van der Waals surface area contributed by atoms with E-state index in [0.717, 1.165) is 12.8 Å². The number of carbonyl (C=O) groups is 2. The number of ether oxygens (including phenoxy) is 1. The fourth-order valence-corrected chi connectivity index (χ4v) is 2.30. The highest BCUT2D eigenvalue weighted by Crippen LogP contribution is 2.23. The molecule has 0 aromatic heterocycles. The molecule has 6 nitrogen and oxygen atoms in total. The molecule has 2 atom stereocenters. The second kappa shape index (κ2) is 9.15. The number of benzene rings is 1. The fraction of sp³-hybridized carbons (Fsp3) is 0.529.